The Labute approximate surface area is 58.1 Å². The third kappa shape index (κ3) is 1.04. The van der Waals surface area contributed by atoms with Gasteiger partial charge in [0.1, 0.15) is 0 Å². The van der Waals surface area contributed by atoms with Gasteiger partial charge in [0.25, 0.3) is 0 Å². The lowest BCUT2D eigenvalue weighted by Crippen LogP contribution is -1.53. The molecule has 0 saturated carbocycles. The summed E-state index contributed by atoms with van der Waals surface area (Å²) in [7, 11) is 0. The number of rotatable bonds is 0. The van der Waals surface area contributed by atoms with Crippen molar-refractivity contribution in [1.29, 1.82) is 0 Å². The fraction of sp³-hybridized carbons (Fsp3) is 0.333. The van der Waals surface area contributed by atoms with Gasteiger partial charge in [0.2, 0.25) is 0 Å². The monoisotopic (exact) mass is 146 g/mol. The van der Waals surface area contributed by atoms with Crippen LogP contribution in [0, 0.1) is 13.8 Å². The van der Waals surface area contributed by atoms with Crippen LogP contribution in [0.3, 0.4) is 0 Å². The first-order chi connectivity index (χ1) is 3.70. The molecule has 8 heavy (non-hydrogen) atoms. The van der Waals surface area contributed by atoms with Crippen LogP contribution >= 0.6 is 22.9 Å². The molecule has 0 aliphatic rings. The van der Waals surface area contributed by atoms with Crippen LogP contribution in [0.4, 0.5) is 0 Å². The Hall–Kier alpha value is -0.0100. The third-order valence-electron chi connectivity index (χ3n) is 0.980. The molecule has 0 amide bonds. The van der Waals surface area contributed by atoms with E-state index in [2.05, 4.69) is 6.92 Å². The van der Waals surface area contributed by atoms with E-state index in [1.54, 1.807) is 11.3 Å². The molecular weight excluding hydrogens is 140 g/mol. The molecule has 2 heteroatoms. The highest BCUT2D eigenvalue weighted by atomic mass is 35.5. The zero-order valence-electron chi connectivity index (χ0n) is 4.86. The molecule has 0 fully saturated rings. The number of halogens is 1. The van der Waals surface area contributed by atoms with Gasteiger partial charge in [-0.15, -0.1) is 11.3 Å². The van der Waals surface area contributed by atoms with Crippen molar-refractivity contribution in [3.63, 3.8) is 0 Å². The van der Waals surface area contributed by atoms with Crippen LogP contribution < -0.4 is 0 Å². The standard InChI is InChI=1S/C6H7ClS/c1-4-3-6(7)5(2)8-4/h3H,1-2H3. The van der Waals surface area contributed by atoms with Crippen molar-refractivity contribution >= 4 is 22.9 Å². The molecule has 0 unspecified atom stereocenters. The van der Waals surface area contributed by atoms with Gasteiger partial charge in [-0.05, 0) is 19.9 Å². The molecule has 0 nitrogen and oxygen atoms in total. The number of aryl methyl sites for hydroxylation is 2. The predicted molar refractivity (Wildman–Crippen MR) is 38.8 cm³/mol. The van der Waals surface area contributed by atoms with Crippen LogP contribution in [0.1, 0.15) is 9.75 Å². The van der Waals surface area contributed by atoms with Crippen LogP contribution in [0.2, 0.25) is 5.02 Å². The van der Waals surface area contributed by atoms with E-state index >= 15 is 0 Å². The van der Waals surface area contributed by atoms with Crippen LogP contribution in [-0.4, -0.2) is 0 Å². The van der Waals surface area contributed by atoms with Crippen molar-refractivity contribution in [2.24, 2.45) is 0 Å². The summed E-state index contributed by atoms with van der Waals surface area (Å²) in [5.74, 6) is 0. The number of hydrogen-bond donors (Lipinski definition) is 0. The van der Waals surface area contributed by atoms with Gasteiger partial charge in [0.05, 0.1) is 5.02 Å². The van der Waals surface area contributed by atoms with Gasteiger partial charge < -0.3 is 0 Å². The molecule has 0 aliphatic carbocycles. The molecule has 1 heterocycles. The second-order valence-electron chi connectivity index (χ2n) is 1.76. The highest BCUT2D eigenvalue weighted by Crippen LogP contribution is 2.24. The van der Waals surface area contributed by atoms with Crippen LogP contribution in [0.25, 0.3) is 0 Å². The maximum atomic E-state index is 5.74. The molecule has 0 saturated heterocycles. The molecule has 44 valence electrons. The van der Waals surface area contributed by atoms with E-state index in [9.17, 15) is 0 Å². The largest absolute Gasteiger partial charge is 0.144 e. The molecule has 0 aromatic carbocycles. The van der Waals surface area contributed by atoms with E-state index in [1.807, 2.05) is 13.0 Å². The van der Waals surface area contributed by atoms with Crippen molar-refractivity contribution in [3.8, 4) is 0 Å². The quantitative estimate of drug-likeness (QED) is 0.528. The SMILES string of the molecule is Cc1cc(Cl)c(C)s1. The first-order valence-electron chi connectivity index (χ1n) is 2.42. The average Bonchev–Trinajstić information content (AvgIpc) is 1.85. The molecule has 1 rings (SSSR count). The first kappa shape index (κ1) is 6.12. The first-order valence-corrected chi connectivity index (χ1v) is 3.62. The Morgan fingerprint density at radius 2 is 2.12 bits per heavy atom. The maximum Gasteiger partial charge on any atom is 0.0544 e. The summed E-state index contributed by atoms with van der Waals surface area (Å²) in [5, 5.41) is 0.896. The summed E-state index contributed by atoms with van der Waals surface area (Å²) >= 11 is 7.48. The van der Waals surface area contributed by atoms with Crippen LogP contribution in [-0.2, 0) is 0 Å². The lowest BCUT2D eigenvalue weighted by atomic mass is 10.5. The van der Waals surface area contributed by atoms with E-state index in [4.69, 9.17) is 11.6 Å². The van der Waals surface area contributed by atoms with E-state index in [0.29, 0.717) is 0 Å². The van der Waals surface area contributed by atoms with Gasteiger partial charge in [0, 0.05) is 9.75 Å². The van der Waals surface area contributed by atoms with Crippen molar-refractivity contribution in [2.75, 3.05) is 0 Å². The molecule has 0 bridgehead atoms. The smallest absolute Gasteiger partial charge is 0.0544 e. The van der Waals surface area contributed by atoms with E-state index in [1.165, 1.54) is 9.75 Å². The Morgan fingerprint density at radius 3 is 2.25 bits per heavy atom. The second-order valence-corrected chi connectivity index (χ2v) is 3.63. The molecular formula is C6H7ClS. The lowest BCUT2D eigenvalue weighted by Gasteiger charge is -1.76. The number of thiophene rings is 1. The minimum Gasteiger partial charge on any atom is -0.144 e. The summed E-state index contributed by atoms with van der Waals surface area (Å²) in [4.78, 5) is 2.50. The minimum absolute atomic E-state index is 0.896. The second kappa shape index (κ2) is 2.08. The van der Waals surface area contributed by atoms with Crippen molar-refractivity contribution in [3.05, 3.63) is 20.8 Å². The summed E-state index contributed by atoms with van der Waals surface area (Å²) in [5.41, 5.74) is 0. The Kier molecular flexibility index (Phi) is 1.59. The van der Waals surface area contributed by atoms with Crippen molar-refractivity contribution in [1.82, 2.24) is 0 Å². The summed E-state index contributed by atoms with van der Waals surface area (Å²) < 4.78 is 0. The zero-order chi connectivity index (χ0) is 6.15. The van der Waals surface area contributed by atoms with Gasteiger partial charge in [-0.1, -0.05) is 11.6 Å². The third-order valence-corrected chi connectivity index (χ3v) is 2.45. The van der Waals surface area contributed by atoms with Gasteiger partial charge in [-0.25, -0.2) is 0 Å². The van der Waals surface area contributed by atoms with Crippen molar-refractivity contribution in [2.45, 2.75) is 13.8 Å². The molecule has 0 spiro atoms. The molecule has 0 aliphatic heterocycles. The molecule has 0 atom stereocenters. The van der Waals surface area contributed by atoms with Gasteiger partial charge in [0.15, 0.2) is 0 Å². The highest BCUT2D eigenvalue weighted by molar-refractivity contribution is 7.12. The highest BCUT2D eigenvalue weighted by Gasteiger charge is 1.96. The zero-order valence-corrected chi connectivity index (χ0v) is 6.44. The maximum absolute atomic E-state index is 5.74. The van der Waals surface area contributed by atoms with E-state index in [0.717, 1.165) is 5.02 Å². The molecule has 1 aromatic rings. The summed E-state index contributed by atoms with van der Waals surface area (Å²) in [6.07, 6.45) is 0. The Morgan fingerprint density at radius 1 is 1.50 bits per heavy atom. The van der Waals surface area contributed by atoms with Crippen LogP contribution in [0.15, 0.2) is 6.07 Å². The predicted octanol–water partition coefficient (Wildman–Crippen LogP) is 3.02. The fourth-order valence-electron chi connectivity index (χ4n) is 0.600. The molecule has 0 N–H and O–H groups in total. The Bertz CT molecular complexity index is 171. The van der Waals surface area contributed by atoms with Gasteiger partial charge in [-0.2, -0.15) is 0 Å². The van der Waals surface area contributed by atoms with Gasteiger partial charge >= 0.3 is 0 Å². The van der Waals surface area contributed by atoms with E-state index in [-0.39, 0.29) is 0 Å². The normalized spacial score (nSPS) is 9.88. The van der Waals surface area contributed by atoms with Crippen molar-refractivity contribution < 1.29 is 0 Å². The Balaban J connectivity index is 3.14. The number of hydrogen-bond acceptors (Lipinski definition) is 1. The fourth-order valence-corrected chi connectivity index (χ4v) is 1.76. The van der Waals surface area contributed by atoms with E-state index < -0.39 is 0 Å². The molecule has 1 aromatic heterocycles. The lowest BCUT2D eigenvalue weighted by molar-refractivity contribution is 1.61. The molecule has 0 radical (unpaired) electrons. The van der Waals surface area contributed by atoms with Crippen LogP contribution in [0.5, 0.6) is 0 Å². The minimum atomic E-state index is 0.896. The summed E-state index contributed by atoms with van der Waals surface area (Å²) in [6.45, 7) is 4.09. The van der Waals surface area contributed by atoms with Gasteiger partial charge in [-0.3, -0.25) is 0 Å². The average molecular weight is 147 g/mol. The summed E-state index contributed by atoms with van der Waals surface area (Å²) in [6, 6.07) is 1.99. The topological polar surface area (TPSA) is 0 Å².